The Morgan fingerprint density at radius 3 is 2.31 bits per heavy atom. The van der Waals surface area contributed by atoms with Crippen LogP contribution in [0, 0.1) is 22.2 Å². The molecular weight excluding hydrogens is 330 g/mol. The highest BCUT2D eigenvalue weighted by Crippen LogP contribution is 2.87. The van der Waals surface area contributed by atoms with E-state index in [2.05, 4.69) is 24.5 Å². The lowest BCUT2D eigenvalue weighted by molar-refractivity contribution is -0.139. The minimum Gasteiger partial charge on any atom is -0.363 e. The number of rotatable bonds is 6. The summed E-state index contributed by atoms with van der Waals surface area (Å²) in [5, 5.41) is 6.25. The number of Topliss-reactive ketones (excluding diaryl/α,β-unsaturated/α-hetero) is 1. The summed E-state index contributed by atoms with van der Waals surface area (Å²) < 4.78 is 0. The number of ketones is 1. The second-order valence-electron chi connectivity index (χ2n) is 9.60. The average molecular weight is 361 g/mol. The van der Waals surface area contributed by atoms with Crippen molar-refractivity contribution < 1.29 is 14.4 Å². The maximum absolute atomic E-state index is 12.8. The lowest BCUT2D eigenvalue weighted by atomic mass is 9.73. The maximum Gasteiger partial charge on any atom is 0.287 e. The van der Waals surface area contributed by atoms with Crippen molar-refractivity contribution in [2.75, 3.05) is 6.54 Å². The normalized spacial score (nSPS) is 34.8. The van der Waals surface area contributed by atoms with Crippen molar-refractivity contribution in [1.29, 1.82) is 0 Å². The Morgan fingerprint density at radius 2 is 1.85 bits per heavy atom. The number of carbonyl (C=O) groups is 3. The van der Waals surface area contributed by atoms with E-state index >= 15 is 0 Å². The first kappa shape index (κ1) is 18.0. The smallest absolute Gasteiger partial charge is 0.287 e. The van der Waals surface area contributed by atoms with Gasteiger partial charge in [-0.1, -0.05) is 39.5 Å². The Morgan fingerprint density at radius 1 is 1.15 bits per heavy atom. The Kier molecular flexibility index (Phi) is 3.99. The van der Waals surface area contributed by atoms with Gasteiger partial charge in [0.05, 0.1) is 12.1 Å². The number of hydrogen-bond donors (Lipinski definition) is 3. The van der Waals surface area contributed by atoms with Crippen molar-refractivity contribution in [1.82, 2.24) is 10.6 Å². The molecule has 4 fully saturated rings. The number of primary amides is 1. The fourth-order valence-corrected chi connectivity index (χ4v) is 6.45. The summed E-state index contributed by atoms with van der Waals surface area (Å²) in [6, 6.07) is -1.05. The van der Waals surface area contributed by atoms with Crippen LogP contribution in [0.3, 0.4) is 0 Å². The molecule has 3 saturated carbocycles. The van der Waals surface area contributed by atoms with Gasteiger partial charge in [0.1, 0.15) is 0 Å². The van der Waals surface area contributed by atoms with Crippen molar-refractivity contribution in [3.63, 3.8) is 0 Å². The van der Waals surface area contributed by atoms with Crippen LogP contribution in [-0.2, 0) is 14.4 Å². The summed E-state index contributed by atoms with van der Waals surface area (Å²) in [4.78, 5) is 36.4. The summed E-state index contributed by atoms with van der Waals surface area (Å²) in [5.74, 6) is -1.37. The van der Waals surface area contributed by atoms with Crippen LogP contribution in [0.15, 0.2) is 0 Å². The van der Waals surface area contributed by atoms with Gasteiger partial charge >= 0.3 is 0 Å². The van der Waals surface area contributed by atoms with E-state index in [1.54, 1.807) is 0 Å². The minimum absolute atomic E-state index is 0.155. The number of nitrogens with one attached hydrogen (secondary N) is 2. The first-order chi connectivity index (χ1) is 12.2. The van der Waals surface area contributed by atoms with Crippen LogP contribution in [0.25, 0.3) is 0 Å². The molecule has 0 aromatic heterocycles. The SMILES string of the molecule is CC1(C)C2(CCC2)[C@]12CN[C@H](C(=O)NC(CC1CCC1)C(=O)C(N)=O)C2. The highest BCUT2D eigenvalue weighted by Gasteiger charge is 2.83. The van der Waals surface area contributed by atoms with Gasteiger partial charge in [-0.3, -0.25) is 14.4 Å². The molecule has 3 aliphatic carbocycles. The van der Waals surface area contributed by atoms with Crippen molar-refractivity contribution >= 4 is 17.6 Å². The zero-order valence-corrected chi connectivity index (χ0v) is 15.9. The molecule has 6 heteroatoms. The number of hydrogen-bond acceptors (Lipinski definition) is 4. The molecule has 2 spiro atoms. The molecule has 1 heterocycles. The molecule has 4 rings (SSSR count). The summed E-state index contributed by atoms with van der Waals surface area (Å²) >= 11 is 0. The zero-order valence-electron chi connectivity index (χ0n) is 15.9. The second kappa shape index (κ2) is 5.78. The fourth-order valence-electron chi connectivity index (χ4n) is 6.45. The van der Waals surface area contributed by atoms with Gasteiger partial charge in [-0.25, -0.2) is 0 Å². The molecule has 0 aromatic rings. The molecule has 3 atom stereocenters. The van der Waals surface area contributed by atoms with Crippen LogP contribution in [0.5, 0.6) is 0 Å². The van der Waals surface area contributed by atoms with Crippen molar-refractivity contribution in [3.8, 4) is 0 Å². The van der Waals surface area contributed by atoms with E-state index in [1.807, 2.05) is 0 Å². The van der Waals surface area contributed by atoms with E-state index in [0.717, 1.165) is 32.2 Å². The third-order valence-corrected chi connectivity index (χ3v) is 8.64. The molecule has 0 aromatic carbocycles. The van der Waals surface area contributed by atoms with Crippen molar-refractivity contribution in [2.45, 2.75) is 77.3 Å². The predicted molar refractivity (Wildman–Crippen MR) is 97.0 cm³/mol. The summed E-state index contributed by atoms with van der Waals surface area (Å²) in [5.41, 5.74) is 6.07. The third-order valence-electron chi connectivity index (χ3n) is 8.64. The predicted octanol–water partition coefficient (Wildman–Crippen LogP) is 1.27. The van der Waals surface area contributed by atoms with Gasteiger partial charge in [-0.05, 0) is 47.8 Å². The topological polar surface area (TPSA) is 101 Å². The van der Waals surface area contributed by atoms with Gasteiger partial charge < -0.3 is 16.4 Å². The average Bonchev–Trinajstić information content (AvgIpc) is 2.81. The van der Waals surface area contributed by atoms with Crippen LogP contribution in [0.4, 0.5) is 0 Å². The van der Waals surface area contributed by atoms with Crippen LogP contribution in [0.1, 0.15) is 65.2 Å². The van der Waals surface area contributed by atoms with Gasteiger partial charge in [0.2, 0.25) is 11.7 Å². The monoisotopic (exact) mass is 361 g/mol. The van der Waals surface area contributed by atoms with Crippen molar-refractivity contribution in [3.05, 3.63) is 0 Å². The molecule has 4 N–H and O–H groups in total. The minimum atomic E-state index is -0.956. The van der Waals surface area contributed by atoms with Crippen LogP contribution < -0.4 is 16.4 Å². The van der Waals surface area contributed by atoms with Gasteiger partial charge in [-0.2, -0.15) is 0 Å². The molecular formula is C20H31N3O3. The Bertz CT molecular complexity index is 651. The first-order valence-corrected chi connectivity index (χ1v) is 10.1. The lowest BCUT2D eigenvalue weighted by Gasteiger charge is -2.32. The van der Waals surface area contributed by atoms with E-state index in [0.29, 0.717) is 17.8 Å². The van der Waals surface area contributed by atoms with E-state index in [-0.39, 0.29) is 22.8 Å². The molecule has 1 saturated heterocycles. The summed E-state index contributed by atoms with van der Waals surface area (Å²) in [7, 11) is 0. The van der Waals surface area contributed by atoms with Gasteiger partial charge in [0, 0.05) is 6.54 Å². The fraction of sp³-hybridized carbons (Fsp3) is 0.850. The van der Waals surface area contributed by atoms with Gasteiger partial charge in [0.25, 0.3) is 5.91 Å². The third kappa shape index (κ3) is 2.23. The van der Waals surface area contributed by atoms with Crippen molar-refractivity contribution in [2.24, 2.45) is 27.9 Å². The largest absolute Gasteiger partial charge is 0.363 e. The summed E-state index contributed by atoms with van der Waals surface area (Å²) in [6.07, 6.45) is 8.44. The lowest BCUT2D eigenvalue weighted by Crippen LogP contribution is -2.51. The molecule has 2 amide bonds. The van der Waals surface area contributed by atoms with E-state index < -0.39 is 17.7 Å². The zero-order chi connectivity index (χ0) is 18.7. The summed E-state index contributed by atoms with van der Waals surface area (Å²) in [6.45, 7) is 5.55. The quantitative estimate of drug-likeness (QED) is 0.620. The van der Waals surface area contributed by atoms with E-state index in [1.165, 1.54) is 19.3 Å². The number of amides is 2. The molecule has 0 bridgehead atoms. The van der Waals surface area contributed by atoms with Gasteiger partial charge in [0.15, 0.2) is 0 Å². The Labute approximate surface area is 155 Å². The molecule has 1 aliphatic heterocycles. The number of nitrogens with two attached hydrogens (primary N) is 1. The van der Waals surface area contributed by atoms with Crippen LogP contribution >= 0.6 is 0 Å². The van der Waals surface area contributed by atoms with E-state index in [9.17, 15) is 14.4 Å². The molecule has 6 nitrogen and oxygen atoms in total. The number of carbonyl (C=O) groups excluding carboxylic acids is 3. The molecule has 1 unspecified atom stereocenters. The Hall–Kier alpha value is -1.43. The first-order valence-electron chi connectivity index (χ1n) is 10.1. The molecule has 4 aliphatic rings. The maximum atomic E-state index is 12.8. The highest BCUT2D eigenvalue weighted by atomic mass is 16.2. The molecule has 144 valence electrons. The van der Waals surface area contributed by atoms with Crippen LogP contribution in [-0.4, -0.2) is 36.2 Å². The Balaban J connectivity index is 1.41. The standard InChI is InChI=1S/C20H31N3O3/c1-18(2)19(7-4-8-19)20(18)10-14(22-11-20)17(26)23-13(15(24)16(21)25)9-12-5-3-6-12/h12-14,22H,3-11H2,1-2H3,(H2,21,25)(H,23,26)/t13?,14-,20+/m0/s1. The van der Waals surface area contributed by atoms with Crippen LogP contribution in [0.2, 0.25) is 0 Å². The second-order valence-corrected chi connectivity index (χ2v) is 9.60. The van der Waals surface area contributed by atoms with E-state index in [4.69, 9.17) is 5.73 Å². The van der Waals surface area contributed by atoms with Gasteiger partial charge in [-0.15, -0.1) is 0 Å². The highest BCUT2D eigenvalue weighted by molar-refractivity contribution is 6.37. The molecule has 26 heavy (non-hydrogen) atoms. The molecule has 0 radical (unpaired) electrons. The number of fused-ring (bicyclic) bond motifs is 1.